The molecular formula is C33H33F3N2O2. The molecular weight excluding hydrogens is 513 g/mol. The third kappa shape index (κ3) is 6.31. The number of rotatable bonds is 8. The summed E-state index contributed by atoms with van der Waals surface area (Å²) in [5, 5.41) is 0. The highest BCUT2D eigenvalue weighted by Gasteiger charge is 2.31. The lowest BCUT2D eigenvalue weighted by Gasteiger charge is -2.30. The number of benzene rings is 3. The second-order valence-electron chi connectivity index (χ2n) is 10.1. The number of aryl methyl sites for hydroxylation is 3. The number of hydrogen-bond donors (Lipinski definition) is 0. The molecule has 0 bridgehead atoms. The molecule has 0 aliphatic carbocycles. The Morgan fingerprint density at radius 1 is 0.850 bits per heavy atom. The summed E-state index contributed by atoms with van der Waals surface area (Å²) in [6.07, 6.45) is -2.12. The third-order valence-corrected chi connectivity index (χ3v) is 7.40. The van der Waals surface area contributed by atoms with Crippen molar-refractivity contribution in [3.8, 4) is 28.5 Å². The van der Waals surface area contributed by atoms with Gasteiger partial charge in [0.2, 0.25) is 0 Å². The first-order valence-corrected chi connectivity index (χ1v) is 13.7. The first-order valence-electron chi connectivity index (χ1n) is 13.7. The van der Waals surface area contributed by atoms with Gasteiger partial charge in [-0.25, -0.2) is 0 Å². The SMILES string of the molecule is CCc1cccc(CC)c1-c1cc(Oc2cccc(OC(F)(F)F)c2)c(CN2CCc3ccccc3C2)c(C)n1. The van der Waals surface area contributed by atoms with Crippen molar-refractivity contribution in [3.05, 3.63) is 106 Å². The van der Waals surface area contributed by atoms with Gasteiger partial charge in [0.05, 0.1) is 5.69 Å². The van der Waals surface area contributed by atoms with E-state index in [2.05, 4.69) is 65.9 Å². The number of nitrogens with zero attached hydrogens (tertiary/aromatic N) is 2. The largest absolute Gasteiger partial charge is 0.573 e. The molecule has 1 aliphatic heterocycles. The number of ether oxygens (including phenoxy) is 2. The lowest BCUT2D eigenvalue weighted by atomic mass is 9.94. The topological polar surface area (TPSA) is 34.6 Å². The van der Waals surface area contributed by atoms with Crippen LogP contribution in [0.4, 0.5) is 13.2 Å². The Bertz CT molecular complexity index is 1480. The fourth-order valence-electron chi connectivity index (χ4n) is 5.43. The lowest BCUT2D eigenvalue weighted by molar-refractivity contribution is -0.274. The molecule has 0 unspecified atom stereocenters. The van der Waals surface area contributed by atoms with Gasteiger partial charge in [-0.1, -0.05) is 62.4 Å². The van der Waals surface area contributed by atoms with E-state index in [0.29, 0.717) is 12.3 Å². The van der Waals surface area contributed by atoms with Crippen molar-refractivity contribution in [2.75, 3.05) is 6.54 Å². The molecule has 0 radical (unpaired) electrons. The van der Waals surface area contributed by atoms with E-state index in [-0.39, 0.29) is 11.5 Å². The van der Waals surface area contributed by atoms with Crippen molar-refractivity contribution in [1.29, 1.82) is 0 Å². The number of halogens is 3. The van der Waals surface area contributed by atoms with Crippen molar-refractivity contribution >= 4 is 0 Å². The van der Waals surface area contributed by atoms with Crippen LogP contribution < -0.4 is 9.47 Å². The summed E-state index contributed by atoms with van der Waals surface area (Å²) in [6, 6.07) is 22.4. The molecule has 0 saturated carbocycles. The monoisotopic (exact) mass is 546 g/mol. The molecule has 0 amide bonds. The lowest BCUT2D eigenvalue weighted by Crippen LogP contribution is -2.30. The standard InChI is InChI=1S/C33H33F3N2O2/c1-4-23-12-8-13-24(5-2)32(23)30-19-31(39-27-14-9-15-28(18-27)40-33(34,35)36)29(22(3)37-30)21-38-17-16-25-10-6-7-11-26(25)20-38/h6-15,18-19H,4-5,16-17,20-21H2,1-3H3. The second-order valence-corrected chi connectivity index (χ2v) is 10.1. The maximum absolute atomic E-state index is 12.9. The van der Waals surface area contributed by atoms with Crippen LogP contribution in [-0.4, -0.2) is 22.8 Å². The molecule has 40 heavy (non-hydrogen) atoms. The molecule has 3 aromatic carbocycles. The van der Waals surface area contributed by atoms with Gasteiger partial charge in [0, 0.05) is 48.6 Å². The van der Waals surface area contributed by atoms with Gasteiger partial charge in [0.25, 0.3) is 0 Å². The van der Waals surface area contributed by atoms with E-state index in [0.717, 1.165) is 54.9 Å². The number of pyridine rings is 1. The summed E-state index contributed by atoms with van der Waals surface area (Å²) in [5.41, 5.74) is 8.70. The number of fused-ring (bicyclic) bond motifs is 1. The average molecular weight is 547 g/mol. The van der Waals surface area contributed by atoms with Gasteiger partial charge in [-0.15, -0.1) is 13.2 Å². The van der Waals surface area contributed by atoms with Crippen molar-refractivity contribution in [1.82, 2.24) is 9.88 Å². The van der Waals surface area contributed by atoms with E-state index in [9.17, 15) is 13.2 Å². The maximum Gasteiger partial charge on any atom is 0.573 e. The summed E-state index contributed by atoms with van der Waals surface area (Å²) < 4.78 is 49.2. The Hall–Kier alpha value is -3.84. The molecule has 0 atom stereocenters. The van der Waals surface area contributed by atoms with E-state index in [4.69, 9.17) is 9.72 Å². The van der Waals surface area contributed by atoms with Crippen LogP contribution in [0.2, 0.25) is 0 Å². The van der Waals surface area contributed by atoms with Gasteiger partial charge in [-0.3, -0.25) is 9.88 Å². The molecule has 0 N–H and O–H groups in total. The predicted octanol–water partition coefficient (Wildman–Crippen LogP) is 8.43. The van der Waals surface area contributed by atoms with Crippen LogP contribution in [0.5, 0.6) is 17.2 Å². The Morgan fingerprint density at radius 3 is 2.23 bits per heavy atom. The van der Waals surface area contributed by atoms with Crippen LogP contribution in [-0.2, 0) is 32.4 Å². The molecule has 4 nitrogen and oxygen atoms in total. The zero-order valence-corrected chi connectivity index (χ0v) is 23.0. The summed E-state index contributed by atoms with van der Waals surface area (Å²) in [6.45, 7) is 8.54. The van der Waals surface area contributed by atoms with Gasteiger partial charge in [0.1, 0.15) is 17.2 Å². The molecule has 0 spiro atoms. The summed E-state index contributed by atoms with van der Waals surface area (Å²) in [5.74, 6) is 0.524. The summed E-state index contributed by atoms with van der Waals surface area (Å²) in [4.78, 5) is 7.42. The van der Waals surface area contributed by atoms with Crippen LogP contribution in [0.25, 0.3) is 11.3 Å². The fourth-order valence-corrected chi connectivity index (χ4v) is 5.43. The number of alkyl halides is 3. The van der Waals surface area contributed by atoms with Crippen LogP contribution >= 0.6 is 0 Å². The Kier molecular flexibility index (Phi) is 8.12. The third-order valence-electron chi connectivity index (χ3n) is 7.40. The highest BCUT2D eigenvalue weighted by Crippen LogP contribution is 2.37. The van der Waals surface area contributed by atoms with Crippen LogP contribution in [0, 0.1) is 6.92 Å². The molecule has 1 aromatic heterocycles. The summed E-state index contributed by atoms with van der Waals surface area (Å²) in [7, 11) is 0. The van der Waals surface area contributed by atoms with Gasteiger partial charge in [0.15, 0.2) is 0 Å². The number of aromatic nitrogens is 1. The van der Waals surface area contributed by atoms with Crippen molar-refractivity contribution in [3.63, 3.8) is 0 Å². The zero-order chi connectivity index (χ0) is 28.3. The quantitative estimate of drug-likeness (QED) is 0.222. The molecule has 5 rings (SSSR count). The van der Waals surface area contributed by atoms with Crippen LogP contribution in [0.3, 0.4) is 0 Å². The van der Waals surface area contributed by atoms with Gasteiger partial charge >= 0.3 is 6.36 Å². The van der Waals surface area contributed by atoms with Gasteiger partial charge < -0.3 is 9.47 Å². The molecule has 4 aromatic rings. The Labute approximate surface area is 233 Å². The molecule has 208 valence electrons. The summed E-state index contributed by atoms with van der Waals surface area (Å²) >= 11 is 0. The normalized spacial score (nSPS) is 13.7. The van der Waals surface area contributed by atoms with Crippen LogP contribution in [0.1, 0.15) is 47.4 Å². The minimum atomic E-state index is -4.78. The van der Waals surface area contributed by atoms with E-state index >= 15 is 0 Å². The maximum atomic E-state index is 12.9. The van der Waals surface area contributed by atoms with Gasteiger partial charge in [-0.05, 0) is 60.6 Å². The molecule has 0 saturated heterocycles. The number of hydrogen-bond acceptors (Lipinski definition) is 4. The van der Waals surface area contributed by atoms with Gasteiger partial charge in [-0.2, -0.15) is 0 Å². The van der Waals surface area contributed by atoms with Crippen molar-refractivity contribution < 1.29 is 22.6 Å². The highest BCUT2D eigenvalue weighted by molar-refractivity contribution is 5.70. The highest BCUT2D eigenvalue weighted by atomic mass is 19.4. The second kappa shape index (κ2) is 11.7. The first kappa shape index (κ1) is 27.7. The first-order chi connectivity index (χ1) is 19.2. The Balaban J connectivity index is 1.56. The smallest absolute Gasteiger partial charge is 0.457 e. The Morgan fingerprint density at radius 2 is 1.52 bits per heavy atom. The van der Waals surface area contributed by atoms with E-state index in [1.54, 1.807) is 6.07 Å². The van der Waals surface area contributed by atoms with Crippen LogP contribution in [0.15, 0.2) is 72.8 Å². The molecule has 1 aliphatic rings. The average Bonchev–Trinajstić information content (AvgIpc) is 2.93. The minimum absolute atomic E-state index is 0.267. The fraction of sp³-hybridized carbons (Fsp3) is 0.303. The molecule has 2 heterocycles. The van der Waals surface area contributed by atoms with Crippen molar-refractivity contribution in [2.45, 2.75) is 59.5 Å². The van der Waals surface area contributed by atoms with E-state index in [1.807, 2.05) is 13.0 Å². The van der Waals surface area contributed by atoms with E-state index in [1.165, 1.54) is 40.5 Å². The minimum Gasteiger partial charge on any atom is -0.457 e. The molecule has 0 fully saturated rings. The zero-order valence-electron chi connectivity index (χ0n) is 23.0. The molecule has 7 heteroatoms. The van der Waals surface area contributed by atoms with E-state index < -0.39 is 6.36 Å². The predicted molar refractivity (Wildman–Crippen MR) is 151 cm³/mol. The van der Waals surface area contributed by atoms with Crippen molar-refractivity contribution in [2.24, 2.45) is 0 Å².